The van der Waals surface area contributed by atoms with Crippen molar-refractivity contribution in [3.8, 4) is 0 Å². The van der Waals surface area contributed by atoms with Crippen molar-refractivity contribution in [2.75, 3.05) is 39.6 Å². The Hall–Kier alpha value is -1.94. The van der Waals surface area contributed by atoms with E-state index in [4.69, 9.17) is 37.0 Å². The Kier molecular flexibility index (Phi) is 61.3. The molecule has 0 aliphatic heterocycles. The lowest BCUT2D eigenvalue weighted by Gasteiger charge is -2.21. The van der Waals surface area contributed by atoms with Crippen molar-refractivity contribution in [3.05, 3.63) is 0 Å². The zero-order valence-corrected chi connectivity index (χ0v) is 62.0. The van der Waals surface area contributed by atoms with Gasteiger partial charge in [-0.05, 0) is 49.4 Å². The van der Waals surface area contributed by atoms with Crippen LogP contribution in [0.15, 0.2) is 0 Å². The molecule has 17 nitrogen and oxygen atoms in total. The number of phosphoric acid groups is 2. The first kappa shape index (κ1) is 90.1. The standard InChI is InChI=1S/C73H142O17P2/c1-63(2)49-41-33-25-19-14-11-9-10-12-16-22-29-39-47-55-72(77)89-68(59-83-70(75)53-45-37-28-24-18-21-27-35-43-51-65(5)6)61-87-91(79,80)85-57-67(74)58-86-92(81,82)88-62-69(60-84-71(76)54-46-38-32-31-36-44-52-66(7)8)90-73(78)56-48-40-30-23-17-13-15-20-26-34-42-50-64(3)4/h63-69,74H,9-62H2,1-8H3,(H,79,80)(H,81,82)/t67-,68-,69-/m1/s1. The Morgan fingerprint density at radius 2 is 0.457 bits per heavy atom. The topological polar surface area (TPSA) is 237 Å². The number of esters is 4. The number of ether oxygens (including phenoxy) is 4. The van der Waals surface area contributed by atoms with Crippen LogP contribution < -0.4 is 0 Å². The molecule has 0 saturated heterocycles. The number of aliphatic hydroxyl groups excluding tert-OH is 1. The Morgan fingerprint density at radius 1 is 0.272 bits per heavy atom. The minimum Gasteiger partial charge on any atom is -0.462 e. The smallest absolute Gasteiger partial charge is 0.462 e. The Bertz CT molecular complexity index is 1820. The molecular weight excluding hydrogens is 1210 g/mol. The van der Waals surface area contributed by atoms with Crippen LogP contribution in [0.2, 0.25) is 0 Å². The van der Waals surface area contributed by atoms with E-state index in [0.29, 0.717) is 31.6 Å². The van der Waals surface area contributed by atoms with E-state index in [1.807, 2.05) is 0 Å². The van der Waals surface area contributed by atoms with Gasteiger partial charge in [0.15, 0.2) is 12.2 Å². The molecule has 0 aliphatic rings. The summed E-state index contributed by atoms with van der Waals surface area (Å²) in [6, 6.07) is 0. The van der Waals surface area contributed by atoms with E-state index in [2.05, 4.69) is 55.4 Å². The largest absolute Gasteiger partial charge is 0.472 e. The highest BCUT2D eigenvalue weighted by Gasteiger charge is 2.30. The SMILES string of the molecule is CC(C)CCCCCCCCCCCCCCCCC(=O)O[C@H](COC(=O)CCCCCCCCCCCC(C)C)COP(=O)(O)OC[C@@H](O)COP(=O)(O)OC[C@@H](COC(=O)CCCCCCCCC(C)C)OC(=O)CCCCCCCCCCCCCC(C)C. The van der Waals surface area contributed by atoms with Crippen LogP contribution in [-0.2, 0) is 65.4 Å². The summed E-state index contributed by atoms with van der Waals surface area (Å²) in [5, 5.41) is 10.6. The number of hydrogen-bond acceptors (Lipinski definition) is 15. The van der Waals surface area contributed by atoms with Crippen LogP contribution in [0.1, 0.15) is 364 Å². The maximum Gasteiger partial charge on any atom is 0.472 e. The average molecular weight is 1350 g/mol. The number of carbonyl (C=O) groups is 4. The summed E-state index contributed by atoms with van der Waals surface area (Å²) in [4.78, 5) is 72.6. The first-order chi connectivity index (χ1) is 44.1. The predicted octanol–water partition coefficient (Wildman–Crippen LogP) is 20.9. The molecule has 0 amide bonds. The fourth-order valence-electron chi connectivity index (χ4n) is 11.0. The number of phosphoric ester groups is 2. The molecule has 0 heterocycles. The second kappa shape index (κ2) is 62.6. The molecule has 5 atom stereocenters. The van der Waals surface area contributed by atoms with Gasteiger partial charge in [-0.2, -0.15) is 0 Å². The van der Waals surface area contributed by atoms with Gasteiger partial charge in [-0.15, -0.1) is 0 Å². The predicted molar refractivity (Wildman–Crippen MR) is 372 cm³/mol. The van der Waals surface area contributed by atoms with Crippen LogP contribution >= 0.6 is 15.6 Å². The second-order valence-electron chi connectivity index (χ2n) is 28.2. The molecule has 3 N–H and O–H groups in total. The van der Waals surface area contributed by atoms with E-state index in [0.717, 1.165) is 114 Å². The third kappa shape index (κ3) is 66.7. The van der Waals surface area contributed by atoms with Gasteiger partial charge in [0.05, 0.1) is 26.4 Å². The van der Waals surface area contributed by atoms with E-state index in [-0.39, 0.29) is 25.7 Å². The zero-order chi connectivity index (χ0) is 68.2. The molecule has 0 aliphatic carbocycles. The van der Waals surface area contributed by atoms with Gasteiger partial charge < -0.3 is 33.8 Å². The number of hydrogen-bond donors (Lipinski definition) is 3. The van der Waals surface area contributed by atoms with E-state index < -0.39 is 97.5 Å². The second-order valence-corrected chi connectivity index (χ2v) is 31.1. The van der Waals surface area contributed by atoms with Crippen LogP contribution in [0, 0.1) is 23.7 Å². The van der Waals surface area contributed by atoms with Gasteiger partial charge in [0, 0.05) is 25.7 Å². The van der Waals surface area contributed by atoms with Crippen LogP contribution in [0.5, 0.6) is 0 Å². The number of carbonyl (C=O) groups excluding carboxylic acids is 4. The van der Waals surface area contributed by atoms with Crippen LogP contribution in [-0.4, -0.2) is 96.7 Å². The molecule has 0 radical (unpaired) electrons. The maximum atomic E-state index is 13.0. The molecule has 0 spiro atoms. The molecule has 0 bridgehead atoms. The normalized spacial score (nSPS) is 14.2. The summed E-state index contributed by atoms with van der Waals surface area (Å²) < 4.78 is 68.4. The van der Waals surface area contributed by atoms with Crippen molar-refractivity contribution in [3.63, 3.8) is 0 Å². The number of unbranched alkanes of at least 4 members (excludes halogenated alkanes) is 36. The molecule has 0 saturated carbocycles. The van der Waals surface area contributed by atoms with E-state index >= 15 is 0 Å². The molecule has 2 unspecified atom stereocenters. The van der Waals surface area contributed by atoms with Gasteiger partial charge in [0.2, 0.25) is 0 Å². The minimum absolute atomic E-state index is 0.105. The lowest BCUT2D eigenvalue weighted by Crippen LogP contribution is -2.30. The molecular formula is C73H142O17P2. The van der Waals surface area contributed by atoms with E-state index in [1.54, 1.807) is 0 Å². The minimum atomic E-state index is -4.95. The summed E-state index contributed by atoms with van der Waals surface area (Å²) in [5.74, 6) is 0.857. The molecule has 0 aromatic rings. The molecule has 0 rings (SSSR count). The lowest BCUT2D eigenvalue weighted by molar-refractivity contribution is -0.161. The number of rotatable bonds is 70. The summed E-state index contributed by atoms with van der Waals surface area (Å²) in [6.07, 6.45) is 45.9. The van der Waals surface area contributed by atoms with E-state index in [1.165, 1.54) is 161 Å². The Balaban J connectivity index is 5.24. The van der Waals surface area contributed by atoms with E-state index in [9.17, 15) is 43.2 Å². The summed E-state index contributed by atoms with van der Waals surface area (Å²) in [7, 11) is -9.91. The molecule has 92 heavy (non-hydrogen) atoms. The van der Waals surface area contributed by atoms with Crippen LogP contribution in [0.3, 0.4) is 0 Å². The van der Waals surface area contributed by atoms with Crippen LogP contribution in [0.25, 0.3) is 0 Å². The van der Waals surface area contributed by atoms with Crippen molar-refractivity contribution in [1.82, 2.24) is 0 Å². The van der Waals surface area contributed by atoms with Gasteiger partial charge in [0.25, 0.3) is 0 Å². The average Bonchev–Trinajstić information content (AvgIpc) is 2.32. The highest BCUT2D eigenvalue weighted by molar-refractivity contribution is 7.47. The Morgan fingerprint density at radius 3 is 0.674 bits per heavy atom. The molecule has 0 aromatic carbocycles. The Labute approximate surface area is 562 Å². The zero-order valence-electron chi connectivity index (χ0n) is 60.2. The summed E-state index contributed by atoms with van der Waals surface area (Å²) >= 11 is 0. The van der Waals surface area contributed by atoms with Gasteiger partial charge in [-0.1, -0.05) is 312 Å². The van der Waals surface area contributed by atoms with Gasteiger partial charge >= 0.3 is 39.5 Å². The quantitative estimate of drug-likeness (QED) is 0.0222. The first-order valence-electron chi connectivity index (χ1n) is 37.7. The number of aliphatic hydroxyl groups is 1. The lowest BCUT2D eigenvalue weighted by atomic mass is 10.0. The fourth-order valence-corrected chi connectivity index (χ4v) is 12.6. The summed E-state index contributed by atoms with van der Waals surface area (Å²) in [5.41, 5.74) is 0. The summed E-state index contributed by atoms with van der Waals surface area (Å²) in [6.45, 7) is 14.1. The van der Waals surface area contributed by atoms with Crippen molar-refractivity contribution in [1.29, 1.82) is 0 Å². The fraction of sp³-hybridized carbons (Fsp3) is 0.945. The van der Waals surface area contributed by atoms with Crippen LogP contribution in [0.4, 0.5) is 0 Å². The van der Waals surface area contributed by atoms with Crippen molar-refractivity contribution < 1.29 is 80.2 Å². The van der Waals surface area contributed by atoms with Gasteiger partial charge in [-0.3, -0.25) is 37.3 Å². The van der Waals surface area contributed by atoms with Gasteiger partial charge in [-0.25, -0.2) is 9.13 Å². The third-order valence-corrected chi connectivity index (χ3v) is 18.7. The molecule has 546 valence electrons. The monoisotopic (exact) mass is 1350 g/mol. The van der Waals surface area contributed by atoms with Gasteiger partial charge in [0.1, 0.15) is 19.3 Å². The molecule has 0 fully saturated rings. The molecule has 0 aromatic heterocycles. The highest BCUT2D eigenvalue weighted by Crippen LogP contribution is 2.45. The third-order valence-electron chi connectivity index (χ3n) is 16.8. The van der Waals surface area contributed by atoms with Crippen molar-refractivity contribution in [2.24, 2.45) is 23.7 Å². The first-order valence-corrected chi connectivity index (χ1v) is 40.7. The van der Waals surface area contributed by atoms with Crippen molar-refractivity contribution in [2.45, 2.75) is 382 Å². The molecule has 19 heteroatoms. The maximum absolute atomic E-state index is 13.0. The highest BCUT2D eigenvalue weighted by atomic mass is 31.2. The van der Waals surface area contributed by atoms with Crippen molar-refractivity contribution >= 4 is 39.5 Å².